The Kier molecular flexibility index (Phi) is 6.44. The number of benzene rings is 2. The van der Waals surface area contributed by atoms with E-state index in [9.17, 15) is 9.59 Å². The van der Waals surface area contributed by atoms with Crippen molar-refractivity contribution in [3.05, 3.63) is 60.2 Å². The number of ether oxygens (including phenoxy) is 1. The first kappa shape index (κ1) is 18.9. The standard InChI is InChI=1S/C21H25N3O3/c1-2-22-20(25)14-19-21(26)23-11-12-24(19)15-16-7-6-10-18(13-16)27-17-8-4-3-5-9-17/h3-10,13,19H,2,11-12,14-15H2,1H3,(H,22,25)(H,23,26)/t19-/m0/s1. The molecule has 6 heteroatoms. The summed E-state index contributed by atoms with van der Waals surface area (Å²) in [7, 11) is 0. The van der Waals surface area contributed by atoms with E-state index in [2.05, 4.69) is 15.5 Å². The van der Waals surface area contributed by atoms with Crippen LogP contribution < -0.4 is 15.4 Å². The van der Waals surface area contributed by atoms with Crippen molar-refractivity contribution in [1.29, 1.82) is 0 Å². The fourth-order valence-electron chi connectivity index (χ4n) is 3.18. The van der Waals surface area contributed by atoms with Gasteiger partial charge in [0, 0.05) is 26.2 Å². The lowest BCUT2D eigenvalue weighted by Crippen LogP contribution is -2.56. The van der Waals surface area contributed by atoms with Crippen LogP contribution in [0.25, 0.3) is 0 Å². The Morgan fingerprint density at radius 2 is 1.96 bits per heavy atom. The SMILES string of the molecule is CCNC(=O)C[C@H]1C(=O)NCCN1Cc1cccc(Oc2ccccc2)c1. The molecule has 27 heavy (non-hydrogen) atoms. The summed E-state index contributed by atoms with van der Waals surface area (Å²) in [4.78, 5) is 26.3. The molecule has 2 N–H and O–H groups in total. The smallest absolute Gasteiger partial charge is 0.237 e. The Bertz CT molecular complexity index is 779. The topological polar surface area (TPSA) is 70.7 Å². The van der Waals surface area contributed by atoms with E-state index in [0.717, 1.165) is 17.1 Å². The molecule has 0 saturated carbocycles. The molecular weight excluding hydrogens is 342 g/mol. The van der Waals surface area contributed by atoms with Gasteiger partial charge in [0.05, 0.1) is 12.5 Å². The van der Waals surface area contributed by atoms with Crippen molar-refractivity contribution >= 4 is 11.8 Å². The molecule has 3 rings (SSSR count). The van der Waals surface area contributed by atoms with Crippen molar-refractivity contribution in [3.8, 4) is 11.5 Å². The summed E-state index contributed by atoms with van der Waals surface area (Å²) in [6.45, 7) is 4.31. The minimum absolute atomic E-state index is 0.0933. The van der Waals surface area contributed by atoms with Crippen molar-refractivity contribution in [2.75, 3.05) is 19.6 Å². The van der Waals surface area contributed by atoms with Gasteiger partial charge >= 0.3 is 0 Å². The molecule has 142 valence electrons. The highest BCUT2D eigenvalue weighted by Gasteiger charge is 2.31. The monoisotopic (exact) mass is 367 g/mol. The molecule has 1 fully saturated rings. The number of hydrogen-bond acceptors (Lipinski definition) is 4. The van der Waals surface area contributed by atoms with Gasteiger partial charge in [0.15, 0.2) is 0 Å². The third-order valence-corrected chi connectivity index (χ3v) is 4.46. The Labute approximate surface area is 159 Å². The first-order valence-electron chi connectivity index (χ1n) is 9.26. The first-order chi connectivity index (χ1) is 13.2. The summed E-state index contributed by atoms with van der Waals surface area (Å²) in [5.74, 6) is 1.33. The van der Waals surface area contributed by atoms with Crippen LogP contribution in [0.15, 0.2) is 54.6 Å². The minimum Gasteiger partial charge on any atom is -0.457 e. The van der Waals surface area contributed by atoms with Gasteiger partial charge in [0.1, 0.15) is 11.5 Å². The number of amides is 2. The van der Waals surface area contributed by atoms with E-state index in [4.69, 9.17) is 4.74 Å². The molecule has 2 aromatic rings. The lowest BCUT2D eigenvalue weighted by molar-refractivity contribution is -0.134. The van der Waals surface area contributed by atoms with Crippen molar-refractivity contribution in [3.63, 3.8) is 0 Å². The molecule has 0 unspecified atom stereocenters. The summed E-state index contributed by atoms with van der Waals surface area (Å²) < 4.78 is 5.89. The van der Waals surface area contributed by atoms with E-state index < -0.39 is 6.04 Å². The zero-order valence-corrected chi connectivity index (χ0v) is 15.5. The van der Waals surface area contributed by atoms with Crippen molar-refractivity contribution in [2.24, 2.45) is 0 Å². The fourth-order valence-corrected chi connectivity index (χ4v) is 3.18. The van der Waals surface area contributed by atoms with Crippen LogP contribution in [0.2, 0.25) is 0 Å². The number of nitrogens with zero attached hydrogens (tertiary/aromatic N) is 1. The number of piperazine rings is 1. The van der Waals surface area contributed by atoms with Gasteiger partial charge in [-0.2, -0.15) is 0 Å². The second-order valence-corrected chi connectivity index (χ2v) is 6.50. The predicted molar refractivity (Wildman–Crippen MR) is 103 cm³/mol. The van der Waals surface area contributed by atoms with Crippen molar-refractivity contribution in [1.82, 2.24) is 15.5 Å². The van der Waals surface area contributed by atoms with Gasteiger partial charge in [-0.05, 0) is 36.8 Å². The predicted octanol–water partition coefficient (Wildman–Crippen LogP) is 2.31. The molecular formula is C21H25N3O3. The Morgan fingerprint density at radius 3 is 2.74 bits per heavy atom. The minimum atomic E-state index is -0.455. The van der Waals surface area contributed by atoms with E-state index in [1.54, 1.807) is 0 Å². The average Bonchev–Trinajstić information content (AvgIpc) is 2.66. The normalized spacial score (nSPS) is 17.2. The molecule has 6 nitrogen and oxygen atoms in total. The molecule has 2 aromatic carbocycles. The Morgan fingerprint density at radius 1 is 1.19 bits per heavy atom. The Hall–Kier alpha value is -2.86. The highest BCUT2D eigenvalue weighted by Crippen LogP contribution is 2.23. The number of carbonyl (C=O) groups is 2. The molecule has 1 aliphatic rings. The van der Waals surface area contributed by atoms with E-state index in [0.29, 0.717) is 26.2 Å². The highest BCUT2D eigenvalue weighted by atomic mass is 16.5. The average molecular weight is 367 g/mol. The maximum absolute atomic E-state index is 12.3. The van der Waals surface area contributed by atoms with Crippen LogP contribution in [0.5, 0.6) is 11.5 Å². The number of rotatable bonds is 7. The van der Waals surface area contributed by atoms with Gasteiger partial charge < -0.3 is 15.4 Å². The maximum atomic E-state index is 12.3. The van der Waals surface area contributed by atoms with Crippen LogP contribution >= 0.6 is 0 Å². The number of carbonyl (C=O) groups excluding carboxylic acids is 2. The van der Waals surface area contributed by atoms with Crippen LogP contribution in [-0.4, -0.2) is 42.4 Å². The zero-order valence-electron chi connectivity index (χ0n) is 15.5. The second-order valence-electron chi connectivity index (χ2n) is 6.50. The van der Waals surface area contributed by atoms with E-state index in [-0.39, 0.29) is 18.2 Å². The van der Waals surface area contributed by atoms with Crippen LogP contribution in [-0.2, 0) is 16.1 Å². The van der Waals surface area contributed by atoms with Crippen LogP contribution in [0.4, 0.5) is 0 Å². The summed E-state index contributed by atoms with van der Waals surface area (Å²) >= 11 is 0. The maximum Gasteiger partial charge on any atom is 0.237 e. The molecule has 1 aliphatic heterocycles. The molecule has 1 saturated heterocycles. The molecule has 0 spiro atoms. The molecule has 0 bridgehead atoms. The van der Waals surface area contributed by atoms with Gasteiger partial charge in [-0.3, -0.25) is 14.5 Å². The quantitative estimate of drug-likeness (QED) is 0.788. The Balaban J connectivity index is 1.69. The van der Waals surface area contributed by atoms with Crippen molar-refractivity contribution < 1.29 is 14.3 Å². The molecule has 2 amide bonds. The molecule has 0 aromatic heterocycles. The summed E-state index contributed by atoms with van der Waals surface area (Å²) in [6.07, 6.45) is 0.167. The molecule has 0 aliphatic carbocycles. The van der Waals surface area contributed by atoms with Crippen LogP contribution in [0.1, 0.15) is 18.9 Å². The van der Waals surface area contributed by atoms with Gasteiger partial charge in [0.2, 0.25) is 11.8 Å². The fraction of sp³-hybridized carbons (Fsp3) is 0.333. The molecule has 1 heterocycles. The van der Waals surface area contributed by atoms with Gasteiger partial charge in [-0.25, -0.2) is 0 Å². The molecule has 1 atom stereocenters. The highest BCUT2D eigenvalue weighted by molar-refractivity contribution is 5.88. The second kappa shape index (κ2) is 9.19. The summed E-state index contributed by atoms with van der Waals surface area (Å²) in [5, 5.41) is 5.62. The third-order valence-electron chi connectivity index (χ3n) is 4.46. The lowest BCUT2D eigenvalue weighted by atomic mass is 10.1. The number of nitrogens with one attached hydrogen (secondary N) is 2. The number of para-hydroxylation sites is 1. The largest absolute Gasteiger partial charge is 0.457 e. The van der Waals surface area contributed by atoms with Crippen molar-refractivity contribution in [2.45, 2.75) is 25.9 Å². The van der Waals surface area contributed by atoms with Crippen LogP contribution in [0, 0.1) is 0 Å². The van der Waals surface area contributed by atoms with E-state index >= 15 is 0 Å². The first-order valence-corrected chi connectivity index (χ1v) is 9.26. The number of hydrogen-bond donors (Lipinski definition) is 2. The zero-order chi connectivity index (χ0) is 19.1. The van der Waals surface area contributed by atoms with Gasteiger partial charge in [-0.1, -0.05) is 30.3 Å². The van der Waals surface area contributed by atoms with Crippen LogP contribution in [0.3, 0.4) is 0 Å². The van der Waals surface area contributed by atoms with Gasteiger partial charge in [0.25, 0.3) is 0 Å². The summed E-state index contributed by atoms with van der Waals surface area (Å²) in [6, 6.07) is 17.0. The molecule has 0 radical (unpaired) electrons. The summed E-state index contributed by atoms with van der Waals surface area (Å²) in [5.41, 5.74) is 1.04. The van der Waals surface area contributed by atoms with E-state index in [1.165, 1.54) is 0 Å². The van der Waals surface area contributed by atoms with E-state index in [1.807, 2.05) is 61.5 Å². The van der Waals surface area contributed by atoms with Gasteiger partial charge in [-0.15, -0.1) is 0 Å². The lowest BCUT2D eigenvalue weighted by Gasteiger charge is -2.34. The third kappa shape index (κ3) is 5.31.